The number of aromatic nitrogens is 1. The van der Waals surface area contributed by atoms with Gasteiger partial charge in [0.25, 0.3) is 0 Å². The van der Waals surface area contributed by atoms with Gasteiger partial charge in [-0.2, -0.15) is 0 Å². The number of benzene rings is 3. The first-order chi connectivity index (χ1) is 18.9. The first kappa shape index (κ1) is 25.3. The molecule has 1 N–H and O–H groups in total. The number of carbonyl (C=O) groups is 2. The smallest absolute Gasteiger partial charge is 0.231 e. The number of rotatable bonds is 6. The van der Waals surface area contributed by atoms with E-state index in [4.69, 9.17) is 0 Å². The lowest BCUT2D eigenvalue weighted by molar-refractivity contribution is -0.135. The lowest BCUT2D eigenvalue weighted by Crippen LogP contribution is -2.52. The highest BCUT2D eigenvalue weighted by atomic mass is 19.1. The molecule has 6 nitrogen and oxygen atoms in total. The third-order valence-corrected chi connectivity index (χ3v) is 8.70. The topological polar surface area (TPSA) is 59.6 Å². The normalized spacial score (nSPS) is 18.5. The van der Waals surface area contributed by atoms with Gasteiger partial charge in [0.05, 0.1) is 12.5 Å². The quantitative estimate of drug-likeness (QED) is 0.354. The van der Waals surface area contributed by atoms with Crippen LogP contribution in [0.15, 0.2) is 79.0 Å². The predicted molar refractivity (Wildman–Crippen MR) is 152 cm³/mol. The minimum atomic E-state index is -0.345. The van der Waals surface area contributed by atoms with Gasteiger partial charge in [0.15, 0.2) is 5.78 Å². The summed E-state index contributed by atoms with van der Waals surface area (Å²) in [6.07, 6.45) is 3.38. The second kappa shape index (κ2) is 9.97. The number of aromatic amines is 1. The van der Waals surface area contributed by atoms with Crippen molar-refractivity contribution in [2.75, 3.05) is 45.2 Å². The molecule has 1 saturated heterocycles. The number of likely N-dealkylation sites (tertiary alicyclic amines) is 1. The summed E-state index contributed by atoms with van der Waals surface area (Å²) in [5, 5.41) is 0.706. The minimum absolute atomic E-state index is 0.0626. The van der Waals surface area contributed by atoms with Crippen molar-refractivity contribution in [3.05, 3.63) is 102 Å². The summed E-state index contributed by atoms with van der Waals surface area (Å²) in [5.74, 6) is -0.593. The number of H-pyrrole nitrogens is 1. The number of nitrogens with zero attached hydrogens (tertiary/aromatic N) is 3. The van der Waals surface area contributed by atoms with Crippen LogP contribution in [0.4, 0.5) is 10.1 Å². The average molecular weight is 525 g/mol. The Kier molecular flexibility index (Phi) is 6.47. The summed E-state index contributed by atoms with van der Waals surface area (Å²) in [4.78, 5) is 36.6. The zero-order chi connectivity index (χ0) is 27.1. The zero-order valence-electron chi connectivity index (χ0n) is 22.4. The van der Waals surface area contributed by atoms with Gasteiger partial charge in [-0.3, -0.25) is 14.5 Å². The third-order valence-electron chi connectivity index (χ3n) is 8.70. The fourth-order valence-electron chi connectivity index (χ4n) is 6.50. The summed E-state index contributed by atoms with van der Waals surface area (Å²) >= 11 is 0. The molecule has 6 rings (SSSR count). The number of amides is 1. The SMILES string of the molecule is CN(C)C1(c2ccccc2)CCN(C(=O)C2CN(CC(=O)c3c[nH]c4cc(F)ccc34)c3ccccc32)CC1. The molecule has 1 unspecified atom stereocenters. The van der Waals surface area contributed by atoms with Gasteiger partial charge < -0.3 is 14.8 Å². The predicted octanol–water partition coefficient (Wildman–Crippen LogP) is 5.17. The fourth-order valence-corrected chi connectivity index (χ4v) is 6.50. The number of ketones is 1. The van der Waals surface area contributed by atoms with E-state index in [1.54, 1.807) is 12.3 Å². The molecule has 1 atom stereocenters. The Balaban J connectivity index is 1.19. The van der Waals surface area contributed by atoms with Crippen LogP contribution < -0.4 is 4.90 Å². The van der Waals surface area contributed by atoms with Crippen molar-refractivity contribution in [1.82, 2.24) is 14.8 Å². The van der Waals surface area contributed by atoms with Crippen LogP contribution in [-0.4, -0.2) is 66.7 Å². The molecule has 0 bridgehead atoms. The van der Waals surface area contributed by atoms with E-state index in [2.05, 4.69) is 48.2 Å². The molecule has 0 radical (unpaired) electrons. The van der Waals surface area contributed by atoms with E-state index < -0.39 is 0 Å². The molecule has 4 aromatic rings. The molecule has 2 aliphatic heterocycles. The number of para-hydroxylation sites is 1. The molecule has 1 amide bonds. The highest BCUT2D eigenvalue weighted by molar-refractivity contribution is 6.10. The molecule has 7 heteroatoms. The minimum Gasteiger partial charge on any atom is -0.362 e. The van der Waals surface area contributed by atoms with E-state index in [1.165, 1.54) is 17.7 Å². The van der Waals surface area contributed by atoms with E-state index in [0.717, 1.165) is 24.1 Å². The zero-order valence-corrected chi connectivity index (χ0v) is 22.4. The van der Waals surface area contributed by atoms with E-state index in [1.807, 2.05) is 40.1 Å². The molecular formula is C32H33FN4O2. The van der Waals surface area contributed by atoms with Crippen molar-refractivity contribution in [3.63, 3.8) is 0 Å². The lowest BCUT2D eigenvalue weighted by Gasteiger charge is -2.47. The molecule has 2 aliphatic rings. The van der Waals surface area contributed by atoms with Crippen molar-refractivity contribution in [2.45, 2.75) is 24.3 Å². The first-order valence-electron chi connectivity index (χ1n) is 13.5. The number of Topliss-reactive ketones (excluding diaryl/α,β-unsaturated/α-hetero) is 1. The number of halogens is 1. The van der Waals surface area contributed by atoms with Gasteiger partial charge in [0.1, 0.15) is 5.82 Å². The van der Waals surface area contributed by atoms with Crippen molar-refractivity contribution in [1.29, 1.82) is 0 Å². The van der Waals surface area contributed by atoms with Crippen LogP contribution in [0, 0.1) is 5.82 Å². The van der Waals surface area contributed by atoms with Crippen LogP contribution in [0.3, 0.4) is 0 Å². The van der Waals surface area contributed by atoms with E-state index in [0.29, 0.717) is 36.1 Å². The number of hydrogen-bond donors (Lipinski definition) is 1. The van der Waals surface area contributed by atoms with E-state index in [-0.39, 0.29) is 35.5 Å². The van der Waals surface area contributed by atoms with Crippen LogP contribution in [0.5, 0.6) is 0 Å². The molecule has 39 heavy (non-hydrogen) atoms. The molecule has 1 aromatic heterocycles. The van der Waals surface area contributed by atoms with E-state index in [9.17, 15) is 14.0 Å². The van der Waals surface area contributed by atoms with Gasteiger partial charge >= 0.3 is 0 Å². The van der Waals surface area contributed by atoms with Crippen LogP contribution >= 0.6 is 0 Å². The number of anilines is 1. The summed E-state index contributed by atoms with van der Waals surface area (Å²) in [7, 11) is 4.24. The Morgan fingerprint density at radius 1 is 1.00 bits per heavy atom. The summed E-state index contributed by atoms with van der Waals surface area (Å²) in [5.41, 5.74) is 4.24. The molecule has 200 valence electrons. The van der Waals surface area contributed by atoms with Crippen molar-refractivity contribution >= 4 is 28.3 Å². The van der Waals surface area contributed by atoms with Crippen molar-refractivity contribution in [3.8, 4) is 0 Å². The second-order valence-corrected chi connectivity index (χ2v) is 10.9. The Morgan fingerprint density at radius 3 is 2.46 bits per heavy atom. The Hall–Kier alpha value is -3.97. The van der Waals surface area contributed by atoms with Crippen LogP contribution in [0.2, 0.25) is 0 Å². The molecular weight excluding hydrogens is 491 g/mol. The largest absolute Gasteiger partial charge is 0.362 e. The van der Waals surface area contributed by atoms with Gasteiger partial charge in [-0.15, -0.1) is 0 Å². The maximum atomic E-state index is 13.9. The second-order valence-electron chi connectivity index (χ2n) is 10.9. The highest BCUT2D eigenvalue weighted by Crippen LogP contribution is 2.41. The van der Waals surface area contributed by atoms with Gasteiger partial charge in [-0.05, 0) is 62.3 Å². The van der Waals surface area contributed by atoms with Gasteiger partial charge in [-0.1, -0.05) is 48.5 Å². The maximum Gasteiger partial charge on any atom is 0.231 e. The number of nitrogens with one attached hydrogen (secondary N) is 1. The third kappa shape index (κ3) is 4.40. The monoisotopic (exact) mass is 524 g/mol. The van der Waals surface area contributed by atoms with Gasteiger partial charge in [0, 0.05) is 53.5 Å². The standard InChI is InChI=1S/C32H33FN4O2/c1-35(2)32(22-8-4-3-5-9-22)14-16-36(17-15-32)31(39)27-20-37(29-11-7-6-10-25(27)29)21-30(38)26-19-34-28-18-23(33)12-13-24(26)28/h3-13,18-19,27,34H,14-17,20-21H2,1-2H3. The highest BCUT2D eigenvalue weighted by Gasteiger charge is 2.42. The van der Waals surface area contributed by atoms with Gasteiger partial charge in [-0.25, -0.2) is 4.39 Å². The number of hydrogen-bond acceptors (Lipinski definition) is 4. The average Bonchev–Trinajstić information content (AvgIpc) is 3.54. The number of piperidine rings is 1. The molecule has 3 aromatic carbocycles. The van der Waals surface area contributed by atoms with Crippen LogP contribution in [0.1, 0.15) is 40.2 Å². The van der Waals surface area contributed by atoms with Gasteiger partial charge in [0.2, 0.25) is 5.91 Å². The summed E-state index contributed by atoms with van der Waals surface area (Å²) in [6.45, 7) is 2.00. The Bertz CT molecular complexity index is 1520. The molecule has 1 fully saturated rings. The first-order valence-corrected chi connectivity index (χ1v) is 13.5. The van der Waals surface area contributed by atoms with Crippen LogP contribution in [-0.2, 0) is 10.3 Å². The fraction of sp³-hybridized carbons (Fsp3) is 0.312. The summed E-state index contributed by atoms with van der Waals surface area (Å²) < 4.78 is 13.6. The molecule has 0 spiro atoms. The Labute approximate surface area is 228 Å². The molecule has 3 heterocycles. The molecule has 0 saturated carbocycles. The maximum absolute atomic E-state index is 13.9. The number of fused-ring (bicyclic) bond motifs is 2. The summed E-state index contributed by atoms with van der Waals surface area (Å²) in [6, 6.07) is 22.9. The van der Waals surface area contributed by atoms with E-state index >= 15 is 0 Å². The Morgan fingerprint density at radius 2 is 1.72 bits per heavy atom. The lowest BCUT2D eigenvalue weighted by atomic mass is 9.79. The molecule has 0 aliphatic carbocycles. The van der Waals surface area contributed by atoms with Crippen molar-refractivity contribution < 1.29 is 14.0 Å². The van der Waals surface area contributed by atoms with Crippen molar-refractivity contribution in [2.24, 2.45) is 0 Å². The number of carbonyl (C=O) groups excluding carboxylic acids is 2. The van der Waals surface area contributed by atoms with Crippen LogP contribution in [0.25, 0.3) is 10.9 Å².